The van der Waals surface area contributed by atoms with Crippen LogP contribution in [0.2, 0.25) is 0 Å². The summed E-state index contributed by atoms with van der Waals surface area (Å²) in [6, 6.07) is 22.5. The Bertz CT molecular complexity index is 2970. The summed E-state index contributed by atoms with van der Waals surface area (Å²) < 4.78 is 66.5. The summed E-state index contributed by atoms with van der Waals surface area (Å²) in [5.74, 6) is -5.68. The van der Waals surface area contributed by atoms with Crippen molar-refractivity contribution in [1.82, 2.24) is 0 Å². The van der Waals surface area contributed by atoms with E-state index in [-0.39, 0.29) is 162 Å². The Hall–Kier alpha value is -4.79. The zero-order valence-corrected chi connectivity index (χ0v) is 44.9. The number of carboxylic acids is 2. The molecule has 28 heteroatoms. The third-order valence-corrected chi connectivity index (χ3v) is 10.0. The number of aromatic carboxylic acids is 2. The molecule has 0 amide bonds. The van der Waals surface area contributed by atoms with E-state index in [0.717, 1.165) is 48.5 Å². The molecule has 0 saturated carbocycles. The third kappa shape index (κ3) is 16.2. The van der Waals surface area contributed by atoms with Gasteiger partial charge < -0.3 is 39.7 Å². The largest absolute Gasteiger partial charge is 3.00 e. The number of carboxylic acid groups (broad SMARTS) is 2. The van der Waals surface area contributed by atoms with E-state index in [9.17, 15) is 66.2 Å². The van der Waals surface area contributed by atoms with Gasteiger partial charge >= 0.3 is 118 Å². The van der Waals surface area contributed by atoms with Crippen LogP contribution in [0, 0.1) is 13.8 Å². The first kappa shape index (κ1) is 61.2. The summed E-state index contributed by atoms with van der Waals surface area (Å²) in [4.78, 5) is 21.6. The summed E-state index contributed by atoms with van der Waals surface area (Å²) in [6.45, 7) is 2.95. The minimum Gasteiger partial charge on any atom is -0.871 e. The number of azo groups is 4. The Morgan fingerprint density at radius 2 is 0.735 bits per heavy atom. The van der Waals surface area contributed by atoms with E-state index in [1.165, 1.54) is 62.4 Å². The van der Waals surface area contributed by atoms with Gasteiger partial charge in [-0.2, -0.15) is 30.7 Å². The molecule has 6 aromatic carbocycles. The van der Waals surface area contributed by atoms with Crippen LogP contribution in [0.5, 0.6) is 23.0 Å². The standard InChI is InChI=1S/2C20H16N4O7S.Cr.3Na/c2*1-11-10-12(32(29,30)31)6-7-14(11)21-24-18-17(25)9-8-16(19(18)26)23-22-15-5-3-2-4-13(15)20(27)28;;;;/h2*2-10,25-26H,1H3,(H,27,28)(H,29,30,31);;;;/q;;+3;3*+1/p-6. The maximum Gasteiger partial charge on any atom is 3.00 e. The molecule has 0 spiro atoms. The van der Waals surface area contributed by atoms with Gasteiger partial charge in [0.1, 0.15) is 31.6 Å². The SMILES string of the molecule is Cc1cc(S(=O)(=O)[O-])ccc1N=Nc1c([O-])ccc(N=Nc2ccccc2C(=O)O)c1[O-].Cc1cc(S(=O)(=O)[O-])ccc1N=Nc1c([O-])ccc(N=Nc2ccccc2C(=O)O)c1[O-].[Cr+3].[Na+].[Na+].[Na+]. The van der Waals surface area contributed by atoms with Gasteiger partial charge in [-0.15, -0.1) is 10.2 Å². The van der Waals surface area contributed by atoms with Crippen LogP contribution < -0.4 is 109 Å². The molecule has 6 aromatic rings. The van der Waals surface area contributed by atoms with Crippen LogP contribution in [0.4, 0.5) is 45.5 Å². The van der Waals surface area contributed by atoms with Gasteiger partial charge in [-0.1, -0.05) is 59.4 Å². The normalized spacial score (nSPS) is 11.2. The van der Waals surface area contributed by atoms with Crippen LogP contribution in [0.1, 0.15) is 31.8 Å². The van der Waals surface area contributed by atoms with Crippen molar-refractivity contribution in [2.75, 3.05) is 0 Å². The smallest absolute Gasteiger partial charge is 0.871 e. The number of benzene rings is 6. The molecule has 331 valence electrons. The van der Waals surface area contributed by atoms with Crippen LogP contribution in [0.15, 0.2) is 160 Å². The second-order valence-corrected chi connectivity index (χ2v) is 15.5. The van der Waals surface area contributed by atoms with Gasteiger partial charge in [-0.05, 0) is 97.8 Å². The van der Waals surface area contributed by atoms with Gasteiger partial charge in [0.25, 0.3) is 0 Å². The number of aryl methyl sites for hydroxylation is 2. The van der Waals surface area contributed by atoms with Gasteiger partial charge in [0.15, 0.2) is 0 Å². The Labute approximate surface area is 463 Å². The van der Waals surface area contributed by atoms with Crippen LogP contribution in [-0.4, -0.2) is 48.1 Å². The molecule has 0 saturated heterocycles. The van der Waals surface area contributed by atoms with E-state index in [0.29, 0.717) is 0 Å². The molecule has 0 unspecified atom stereocenters. The van der Waals surface area contributed by atoms with Gasteiger partial charge in [-0.25, -0.2) is 26.4 Å². The fourth-order valence-corrected chi connectivity index (χ4v) is 6.24. The zero-order valence-electron chi connectivity index (χ0n) is 36.0. The molecule has 2 N–H and O–H groups in total. The Morgan fingerprint density at radius 3 is 1.04 bits per heavy atom. The summed E-state index contributed by atoms with van der Waals surface area (Å²) in [7, 11) is -9.30. The monoisotopic (exact) mass is 1030 g/mol. The zero-order chi connectivity index (χ0) is 46.9. The molecule has 0 aliphatic rings. The number of hydrogen-bond donors (Lipinski definition) is 2. The predicted molar refractivity (Wildman–Crippen MR) is 212 cm³/mol. The number of hydrogen-bond acceptors (Lipinski definition) is 20. The fraction of sp³-hybridized carbons (Fsp3) is 0.0500. The quantitative estimate of drug-likeness (QED) is 0.0773. The Morgan fingerprint density at radius 1 is 0.441 bits per heavy atom. The molecular weight excluding hydrogens is 1000 g/mol. The van der Waals surface area contributed by atoms with E-state index in [1.54, 1.807) is 12.1 Å². The fourth-order valence-electron chi connectivity index (χ4n) is 5.13. The molecule has 6 rings (SSSR count). The molecule has 1 radical (unpaired) electrons. The molecule has 0 aliphatic heterocycles. The van der Waals surface area contributed by atoms with Gasteiger partial charge in [0, 0.05) is 0 Å². The van der Waals surface area contributed by atoms with Crippen molar-refractivity contribution in [3.8, 4) is 23.0 Å². The number of nitrogens with zero attached hydrogens (tertiary/aromatic N) is 8. The van der Waals surface area contributed by atoms with E-state index in [1.807, 2.05) is 0 Å². The molecule has 0 atom stereocenters. The molecule has 68 heavy (non-hydrogen) atoms. The molecular formula is C40H26CrN8Na3O14S2. The van der Waals surface area contributed by atoms with Crippen molar-refractivity contribution in [3.05, 3.63) is 131 Å². The first-order valence-electron chi connectivity index (χ1n) is 17.6. The van der Waals surface area contributed by atoms with Crippen LogP contribution >= 0.6 is 0 Å². The average molecular weight is 1030 g/mol. The molecule has 0 aromatic heterocycles. The molecule has 0 bridgehead atoms. The van der Waals surface area contributed by atoms with Crippen molar-refractivity contribution in [1.29, 1.82) is 0 Å². The minimum atomic E-state index is -4.65. The van der Waals surface area contributed by atoms with Crippen molar-refractivity contribution in [2.45, 2.75) is 23.6 Å². The Kier molecular flexibility index (Phi) is 24.2. The van der Waals surface area contributed by atoms with Gasteiger partial charge in [0.05, 0.1) is 55.0 Å². The predicted octanol–water partition coefficient (Wildman–Crippen LogP) is -1.84. The van der Waals surface area contributed by atoms with Crippen molar-refractivity contribution in [2.24, 2.45) is 40.9 Å². The van der Waals surface area contributed by atoms with E-state index < -0.39 is 76.3 Å². The molecule has 0 fully saturated rings. The number of rotatable bonds is 12. The van der Waals surface area contributed by atoms with E-state index >= 15 is 0 Å². The minimum absolute atomic E-state index is 0. The summed E-state index contributed by atoms with van der Waals surface area (Å²) >= 11 is 0. The maximum atomic E-state index is 12.6. The molecule has 0 heterocycles. The summed E-state index contributed by atoms with van der Waals surface area (Å²) in [5.41, 5.74) is -1.02. The van der Waals surface area contributed by atoms with Crippen molar-refractivity contribution >= 4 is 77.7 Å². The summed E-state index contributed by atoms with van der Waals surface area (Å²) in [6.07, 6.45) is 0. The van der Waals surface area contributed by atoms with Gasteiger partial charge in [-0.3, -0.25) is 0 Å². The third-order valence-electron chi connectivity index (χ3n) is 8.38. The first-order valence-corrected chi connectivity index (χ1v) is 20.4. The van der Waals surface area contributed by atoms with E-state index in [4.69, 9.17) is 0 Å². The van der Waals surface area contributed by atoms with Crippen molar-refractivity contribution in [3.63, 3.8) is 0 Å². The van der Waals surface area contributed by atoms with Crippen LogP contribution in [0.3, 0.4) is 0 Å². The Balaban J connectivity index is 0.000000642. The van der Waals surface area contributed by atoms with E-state index in [2.05, 4.69) is 40.9 Å². The molecule has 0 aliphatic carbocycles. The number of carbonyl (C=O) groups is 2. The van der Waals surface area contributed by atoms with Crippen LogP contribution in [0.25, 0.3) is 0 Å². The average Bonchev–Trinajstić information content (AvgIpc) is 3.23. The maximum absolute atomic E-state index is 12.6. The van der Waals surface area contributed by atoms with Crippen LogP contribution in [-0.2, 0) is 37.6 Å². The first-order chi connectivity index (χ1) is 30.1. The van der Waals surface area contributed by atoms with Gasteiger partial charge in [0.2, 0.25) is 0 Å². The molecule has 22 nitrogen and oxygen atoms in total. The topological polar surface area (TPSA) is 380 Å². The van der Waals surface area contributed by atoms with Crippen molar-refractivity contribution < 1.29 is 172 Å². The summed E-state index contributed by atoms with van der Waals surface area (Å²) in [5, 5.41) is 97.6. The second-order valence-electron chi connectivity index (χ2n) is 12.8. The second kappa shape index (κ2) is 26.8.